The molecule has 0 spiro atoms. The topological polar surface area (TPSA) is 57.5 Å². The Bertz CT molecular complexity index is 44.2. The van der Waals surface area contributed by atoms with Crippen LogP contribution in [0.3, 0.4) is 0 Å². The van der Waals surface area contributed by atoms with Crippen molar-refractivity contribution in [3.8, 4) is 0 Å². The quantitative estimate of drug-likeness (QED) is 0.442. The number of halogens is 1. The Morgan fingerprint density at radius 1 is 1.71 bits per heavy atom. The first-order valence-corrected chi connectivity index (χ1v) is 4.96. The van der Waals surface area contributed by atoms with Gasteiger partial charge in [-0.25, -0.2) is 4.79 Å². The Morgan fingerprint density at radius 3 is 1.71 bits per heavy atom. The monoisotopic (exact) mass is 194 g/mol. The summed E-state index contributed by atoms with van der Waals surface area (Å²) in [6.45, 7) is 0. The van der Waals surface area contributed by atoms with Gasteiger partial charge in [-0.3, -0.25) is 0 Å². The van der Waals surface area contributed by atoms with Crippen molar-refractivity contribution in [2.45, 2.75) is 0 Å². The fourth-order valence-corrected chi connectivity index (χ4v) is 0. The van der Waals surface area contributed by atoms with Gasteiger partial charge in [0, 0.05) is 0 Å². The van der Waals surface area contributed by atoms with Crippen molar-refractivity contribution in [1.82, 2.24) is 0 Å². The van der Waals surface area contributed by atoms with E-state index >= 15 is 0 Å². The van der Waals surface area contributed by atoms with Gasteiger partial charge >= 0.3 is 70.5 Å². The van der Waals surface area contributed by atoms with Gasteiger partial charge in [0.2, 0.25) is 0 Å². The van der Waals surface area contributed by atoms with E-state index in [1.165, 1.54) is -0.575 Å². The first-order chi connectivity index (χ1) is 3.15. The predicted molar refractivity (Wildman–Crippen MR) is 30.2 cm³/mol. The number of alkyl halides is 1. The van der Waals surface area contributed by atoms with Gasteiger partial charge in [0.1, 0.15) is 0 Å². The van der Waals surface area contributed by atoms with E-state index in [4.69, 9.17) is 15.0 Å². The zero-order valence-electron chi connectivity index (χ0n) is 3.89. The molecule has 0 unspecified atom stereocenters. The zero-order valence-corrected chi connectivity index (χ0v) is 8.60. The van der Waals surface area contributed by atoms with Crippen LogP contribution in [0, 0.1) is 0 Å². The second-order valence-corrected chi connectivity index (χ2v) is 6.01. The molecule has 0 aliphatic carbocycles. The third-order valence-corrected chi connectivity index (χ3v) is 0. The molecule has 0 aromatic heterocycles. The molecule has 7 heavy (non-hydrogen) atoms. The SMILES string of the molecule is O=C(O)O.[K][CH2]Br. The van der Waals surface area contributed by atoms with Gasteiger partial charge in [-0.15, -0.1) is 0 Å². The summed E-state index contributed by atoms with van der Waals surface area (Å²) in [7, 11) is 0. The van der Waals surface area contributed by atoms with E-state index in [-0.39, 0.29) is 0 Å². The molecule has 3 nitrogen and oxygen atoms in total. The average Bonchev–Trinajstić information content (AvgIpc) is 1.33. The van der Waals surface area contributed by atoms with Crippen molar-refractivity contribution in [2.24, 2.45) is 0 Å². The van der Waals surface area contributed by atoms with Crippen LogP contribution in [0.1, 0.15) is 0 Å². The molecule has 0 rings (SSSR count). The van der Waals surface area contributed by atoms with Gasteiger partial charge in [-0.2, -0.15) is 0 Å². The number of rotatable bonds is 0. The Hall–Kier alpha value is 1.39. The van der Waals surface area contributed by atoms with E-state index in [0.717, 1.165) is 49.0 Å². The van der Waals surface area contributed by atoms with Crippen LogP contribution in [-0.4, -0.2) is 64.7 Å². The molecule has 0 saturated carbocycles. The molecule has 0 bridgehead atoms. The average molecular weight is 195 g/mol. The molecule has 38 valence electrons. The van der Waals surface area contributed by atoms with Crippen molar-refractivity contribution in [3.05, 3.63) is 0 Å². The molecule has 5 heteroatoms. The summed E-state index contributed by atoms with van der Waals surface area (Å²) in [6, 6.07) is 0. The van der Waals surface area contributed by atoms with E-state index in [0.29, 0.717) is 0 Å². The molecule has 0 aliphatic heterocycles. The minimum atomic E-state index is -1.83. The Labute approximate surface area is 83.8 Å². The maximum absolute atomic E-state index is 8.56. The first-order valence-electron chi connectivity index (χ1n) is 1.63. The normalized spacial score (nSPS) is 6.14. The number of carbonyl (C=O) groups is 1. The Morgan fingerprint density at radius 2 is 1.71 bits per heavy atom. The molecular weight excluding hydrogens is 191 g/mol. The molecule has 2 N–H and O–H groups in total. The molecular formula is C2H4BrKO3. The molecule has 0 fully saturated rings. The van der Waals surface area contributed by atoms with E-state index in [1.807, 2.05) is 0 Å². The molecule has 0 heterocycles. The summed E-state index contributed by atoms with van der Waals surface area (Å²) < 4.78 is 1.25. The third-order valence-electron chi connectivity index (χ3n) is 0. The standard InChI is InChI=1S/CH2Br.CH2O3.K/c1-2;2-1(3)4;/h1H2;(H2,2,3,4);. The van der Waals surface area contributed by atoms with Gasteiger partial charge in [0.05, 0.1) is 0 Å². The van der Waals surface area contributed by atoms with Crippen LogP contribution in [0.5, 0.6) is 0 Å². The van der Waals surface area contributed by atoms with Crippen LogP contribution in [0.15, 0.2) is 0 Å². The van der Waals surface area contributed by atoms with E-state index in [2.05, 4.69) is 15.9 Å². The maximum atomic E-state index is 8.56. The second kappa shape index (κ2) is 10.4. The van der Waals surface area contributed by atoms with Gasteiger partial charge in [0.25, 0.3) is 0 Å². The van der Waals surface area contributed by atoms with Crippen molar-refractivity contribution >= 4 is 71.0 Å². The van der Waals surface area contributed by atoms with Gasteiger partial charge in [-0.05, 0) is 0 Å². The van der Waals surface area contributed by atoms with Gasteiger partial charge in [-0.1, -0.05) is 0 Å². The molecule has 0 amide bonds. The fraction of sp³-hybridized carbons (Fsp3) is 0.500. The summed E-state index contributed by atoms with van der Waals surface area (Å²) >= 11 is 4.25. The van der Waals surface area contributed by atoms with Crippen molar-refractivity contribution in [1.29, 1.82) is 0 Å². The van der Waals surface area contributed by atoms with Crippen molar-refractivity contribution in [2.75, 3.05) is -0.575 Å². The summed E-state index contributed by atoms with van der Waals surface area (Å²) in [5, 5.41) is 13.9. The van der Waals surface area contributed by atoms with E-state index < -0.39 is 6.16 Å². The van der Waals surface area contributed by atoms with Crippen LogP contribution in [0.25, 0.3) is 0 Å². The second-order valence-electron chi connectivity index (χ2n) is 0.550. The minimum absolute atomic E-state index is 1.02. The molecule has 0 atom stereocenters. The van der Waals surface area contributed by atoms with E-state index in [1.54, 1.807) is 0 Å². The van der Waals surface area contributed by atoms with Crippen LogP contribution >= 0.6 is 15.9 Å². The Balaban J connectivity index is 0. The predicted octanol–water partition coefficient (Wildman–Crippen LogP) is 0.730. The van der Waals surface area contributed by atoms with E-state index in [9.17, 15) is 0 Å². The number of carboxylic acid groups (broad SMARTS) is 2. The summed E-state index contributed by atoms with van der Waals surface area (Å²) in [4.78, 5) is 8.56. The Kier molecular flexibility index (Phi) is 16.6. The third kappa shape index (κ3) is 111. The summed E-state index contributed by atoms with van der Waals surface area (Å²) in [5.41, 5.74) is 0. The number of hydrogen-bond donors (Lipinski definition) is 2. The molecule has 0 aliphatic rings. The summed E-state index contributed by atoms with van der Waals surface area (Å²) in [5.74, 6) is 0. The number of hydrogen-bond acceptors (Lipinski definition) is 1. The first kappa shape index (κ1) is 11.2. The van der Waals surface area contributed by atoms with Crippen molar-refractivity contribution < 1.29 is 15.0 Å². The molecule has 0 aromatic rings. The zero-order chi connectivity index (χ0) is 6.28. The van der Waals surface area contributed by atoms with Crippen molar-refractivity contribution in [3.63, 3.8) is 0 Å². The molecule has 0 radical (unpaired) electrons. The van der Waals surface area contributed by atoms with Crippen LogP contribution in [-0.2, 0) is 0 Å². The van der Waals surface area contributed by atoms with Gasteiger partial charge < -0.3 is 10.2 Å². The summed E-state index contributed by atoms with van der Waals surface area (Å²) in [6.07, 6.45) is -1.83. The van der Waals surface area contributed by atoms with Crippen LogP contribution in [0.4, 0.5) is 4.79 Å². The van der Waals surface area contributed by atoms with Crippen LogP contribution < -0.4 is 0 Å². The molecule has 0 saturated heterocycles. The fourth-order valence-electron chi connectivity index (χ4n) is 0. The molecule has 0 aromatic carbocycles. The van der Waals surface area contributed by atoms with Gasteiger partial charge in [0.15, 0.2) is 0 Å². The van der Waals surface area contributed by atoms with Crippen LogP contribution in [0.2, 0.25) is 0 Å².